The molecule has 4 aromatic rings. The number of anilines is 1. The molecule has 1 aromatic heterocycles. The van der Waals surface area contributed by atoms with Crippen molar-refractivity contribution in [2.75, 3.05) is 38.6 Å². The SMILES string of the molecule is Cc1cc(C(=O)NC2CCN(C)CC2)ccc1-c1ccc(C[C@H](NC(=O)[C@H]2CC[C@H](CN)CC2)C(=O)Nc2ccc(-c3nc(C(F)(F)C(F)(F)CO)n[nH]3)cc2)cc1. The van der Waals surface area contributed by atoms with Gasteiger partial charge in [-0.1, -0.05) is 30.3 Å². The molecule has 2 fully saturated rings. The zero-order chi connectivity index (χ0) is 41.6. The minimum absolute atomic E-state index is 0.0879. The van der Waals surface area contributed by atoms with Gasteiger partial charge in [0.2, 0.25) is 17.6 Å². The summed E-state index contributed by atoms with van der Waals surface area (Å²) in [6, 6.07) is 18.3. The third kappa shape index (κ3) is 9.91. The van der Waals surface area contributed by atoms with Gasteiger partial charge in [0.1, 0.15) is 12.6 Å². The van der Waals surface area contributed by atoms with Crippen LogP contribution >= 0.6 is 0 Å². The number of nitrogens with zero attached hydrogens (tertiary/aromatic N) is 3. The molecule has 0 unspecified atom stereocenters. The number of H-pyrrole nitrogens is 1. The first kappa shape index (κ1) is 42.4. The number of aromatic amines is 1. The molecule has 2 heterocycles. The highest BCUT2D eigenvalue weighted by Crippen LogP contribution is 2.41. The third-order valence-corrected chi connectivity index (χ3v) is 11.3. The molecule has 58 heavy (non-hydrogen) atoms. The van der Waals surface area contributed by atoms with Gasteiger partial charge in [-0.3, -0.25) is 19.5 Å². The number of halogens is 4. The normalized spacial score (nSPS) is 18.7. The Morgan fingerprint density at radius 1 is 0.931 bits per heavy atom. The van der Waals surface area contributed by atoms with E-state index in [-0.39, 0.29) is 41.6 Å². The highest BCUT2D eigenvalue weighted by Gasteiger charge is 2.60. The van der Waals surface area contributed by atoms with Crippen LogP contribution in [0, 0.1) is 18.8 Å². The van der Waals surface area contributed by atoms with Crippen LogP contribution in [0.3, 0.4) is 0 Å². The Hall–Kier alpha value is -5.19. The molecule has 7 N–H and O–H groups in total. The molecule has 3 amide bonds. The van der Waals surface area contributed by atoms with Crippen LogP contribution in [0.1, 0.15) is 65.8 Å². The smallest absolute Gasteiger partial charge is 0.372 e. The second-order valence-electron chi connectivity index (χ2n) is 15.5. The summed E-state index contributed by atoms with van der Waals surface area (Å²) in [5.41, 5.74) is 10.6. The topological polar surface area (TPSA) is 178 Å². The standard InChI is InChI=1S/C42H50F4N8O4/c1-25-21-31(38(57)48-33-17-19-54(2)20-18-33)13-16-34(25)28-7-3-26(4-8-28)22-35(50-37(56)30-9-5-27(23-47)6-10-30)39(58)49-32-14-11-29(12-15-32)36-51-40(53-52-36)42(45,46)41(43,44)24-55/h3-4,7-8,11-16,21,27,30,33,35,55H,5-6,9-10,17-20,22-24,47H2,1-2H3,(H,48,57)(H,49,58)(H,50,56)(H,51,52,53)/t27-,30-,35-/m0/s1. The molecule has 1 atom stereocenters. The molecule has 12 nitrogen and oxygen atoms in total. The Morgan fingerprint density at radius 3 is 2.21 bits per heavy atom. The van der Waals surface area contributed by atoms with E-state index in [1.165, 1.54) is 24.3 Å². The first-order chi connectivity index (χ1) is 27.7. The molecule has 0 radical (unpaired) electrons. The van der Waals surface area contributed by atoms with Crippen LogP contribution < -0.4 is 21.7 Å². The van der Waals surface area contributed by atoms with Crippen LogP contribution in [-0.4, -0.2) is 94.2 Å². The highest BCUT2D eigenvalue weighted by atomic mass is 19.3. The van der Waals surface area contributed by atoms with E-state index in [1.807, 2.05) is 49.4 Å². The van der Waals surface area contributed by atoms with Crippen molar-refractivity contribution in [3.63, 3.8) is 0 Å². The highest BCUT2D eigenvalue weighted by molar-refractivity contribution is 5.98. The molecular weight excluding hydrogens is 757 g/mol. The van der Waals surface area contributed by atoms with E-state index in [4.69, 9.17) is 10.8 Å². The molecule has 1 aliphatic heterocycles. The summed E-state index contributed by atoms with van der Waals surface area (Å²) in [6.45, 7) is 2.34. The first-order valence-corrected chi connectivity index (χ1v) is 19.6. The van der Waals surface area contributed by atoms with Gasteiger partial charge in [0.05, 0.1) is 0 Å². The average Bonchev–Trinajstić information content (AvgIpc) is 3.73. The molecule has 310 valence electrons. The maximum atomic E-state index is 14.2. The predicted molar refractivity (Wildman–Crippen MR) is 211 cm³/mol. The van der Waals surface area contributed by atoms with Crippen molar-refractivity contribution in [1.29, 1.82) is 0 Å². The number of alkyl halides is 4. The van der Waals surface area contributed by atoms with Gasteiger partial charge >= 0.3 is 11.8 Å². The fraction of sp³-hybridized carbons (Fsp3) is 0.452. The predicted octanol–water partition coefficient (Wildman–Crippen LogP) is 5.42. The van der Waals surface area contributed by atoms with Crippen molar-refractivity contribution in [1.82, 2.24) is 30.7 Å². The first-order valence-electron chi connectivity index (χ1n) is 19.6. The van der Waals surface area contributed by atoms with E-state index in [2.05, 4.69) is 43.1 Å². The summed E-state index contributed by atoms with van der Waals surface area (Å²) in [5.74, 6) is -12.0. The van der Waals surface area contributed by atoms with Crippen LogP contribution in [0.5, 0.6) is 0 Å². The zero-order valence-corrected chi connectivity index (χ0v) is 32.5. The molecule has 1 saturated carbocycles. The maximum Gasteiger partial charge on any atom is 0.372 e. The van der Waals surface area contributed by atoms with E-state index in [0.717, 1.165) is 61.0 Å². The Labute approximate surface area is 334 Å². The van der Waals surface area contributed by atoms with Crippen LogP contribution in [-0.2, 0) is 21.9 Å². The van der Waals surface area contributed by atoms with E-state index >= 15 is 0 Å². The lowest BCUT2D eigenvalue weighted by molar-refractivity contribution is -0.236. The molecule has 0 spiro atoms. The number of nitrogens with two attached hydrogens (primary N) is 1. The number of piperidine rings is 1. The van der Waals surface area contributed by atoms with E-state index in [1.54, 1.807) is 0 Å². The minimum Gasteiger partial charge on any atom is -0.390 e. The number of aliphatic hydroxyl groups excluding tert-OH is 1. The number of aliphatic hydroxyl groups is 1. The average molecular weight is 807 g/mol. The summed E-state index contributed by atoms with van der Waals surface area (Å²) in [5, 5.41) is 23.1. The quantitative estimate of drug-likeness (QED) is 0.0915. The number of hydrogen-bond donors (Lipinski definition) is 6. The number of nitrogens with one attached hydrogen (secondary N) is 4. The number of amides is 3. The molecule has 1 saturated heterocycles. The van der Waals surface area contributed by atoms with Crippen molar-refractivity contribution in [3.05, 3.63) is 89.2 Å². The lowest BCUT2D eigenvalue weighted by Gasteiger charge is -2.29. The van der Waals surface area contributed by atoms with Crippen molar-refractivity contribution in [3.8, 4) is 22.5 Å². The number of benzene rings is 3. The van der Waals surface area contributed by atoms with Crippen LogP contribution in [0.15, 0.2) is 66.7 Å². The third-order valence-electron chi connectivity index (χ3n) is 11.3. The Kier molecular flexibility index (Phi) is 13.3. The number of likely N-dealkylation sites (tertiary alicyclic amines) is 1. The van der Waals surface area contributed by atoms with Crippen molar-refractivity contribution in [2.45, 2.75) is 75.8 Å². The van der Waals surface area contributed by atoms with Gasteiger partial charge in [-0.05, 0) is 137 Å². The second kappa shape index (κ2) is 18.2. The zero-order valence-electron chi connectivity index (χ0n) is 32.5. The van der Waals surface area contributed by atoms with Gasteiger partial charge < -0.3 is 31.7 Å². The van der Waals surface area contributed by atoms with Gasteiger partial charge in [-0.25, -0.2) is 4.98 Å². The lowest BCUT2D eigenvalue weighted by atomic mass is 9.81. The van der Waals surface area contributed by atoms with Gasteiger partial charge in [0.15, 0.2) is 5.82 Å². The fourth-order valence-electron chi connectivity index (χ4n) is 7.50. The monoisotopic (exact) mass is 806 g/mol. The van der Waals surface area contributed by atoms with Crippen molar-refractivity contribution < 1.29 is 37.1 Å². The number of carbonyl (C=O) groups is 3. The van der Waals surface area contributed by atoms with Crippen LogP contribution in [0.25, 0.3) is 22.5 Å². The van der Waals surface area contributed by atoms with Gasteiger partial charge in [-0.15, -0.1) is 0 Å². The largest absolute Gasteiger partial charge is 0.390 e. The number of rotatable bonds is 14. The minimum atomic E-state index is -4.82. The Morgan fingerprint density at radius 2 is 1.59 bits per heavy atom. The molecule has 6 rings (SSSR count). The molecule has 0 bridgehead atoms. The number of carbonyl (C=O) groups excluding carboxylic acids is 3. The van der Waals surface area contributed by atoms with Gasteiger partial charge in [0, 0.05) is 35.2 Å². The van der Waals surface area contributed by atoms with Crippen molar-refractivity contribution in [2.24, 2.45) is 17.6 Å². The Bertz CT molecular complexity index is 2040. The van der Waals surface area contributed by atoms with E-state index in [9.17, 15) is 31.9 Å². The summed E-state index contributed by atoms with van der Waals surface area (Å²) < 4.78 is 55.7. The summed E-state index contributed by atoms with van der Waals surface area (Å²) >= 11 is 0. The summed E-state index contributed by atoms with van der Waals surface area (Å²) in [4.78, 5) is 46.1. The lowest BCUT2D eigenvalue weighted by Crippen LogP contribution is -2.48. The Balaban J connectivity index is 1.14. The van der Waals surface area contributed by atoms with Gasteiger partial charge in [0.25, 0.3) is 5.91 Å². The summed E-state index contributed by atoms with van der Waals surface area (Å²) in [7, 11) is 2.08. The van der Waals surface area contributed by atoms with Crippen LogP contribution in [0.4, 0.5) is 23.2 Å². The van der Waals surface area contributed by atoms with Crippen LogP contribution in [0.2, 0.25) is 0 Å². The maximum absolute atomic E-state index is 14.2. The molecule has 3 aromatic carbocycles. The molecular formula is C42H50F4N8O4. The van der Waals surface area contributed by atoms with E-state index in [0.29, 0.717) is 36.6 Å². The summed E-state index contributed by atoms with van der Waals surface area (Å²) in [6.07, 6.45) is 5.01. The van der Waals surface area contributed by atoms with E-state index < -0.39 is 36.2 Å². The fourth-order valence-corrected chi connectivity index (χ4v) is 7.50. The number of aryl methyl sites for hydroxylation is 1. The number of hydrogen-bond acceptors (Lipinski definition) is 8. The molecule has 16 heteroatoms. The molecule has 1 aliphatic carbocycles. The second-order valence-corrected chi connectivity index (χ2v) is 15.5. The number of aromatic nitrogens is 3. The van der Waals surface area contributed by atoms with Gasteiger partial charge in [-0.2, -0.15) is 22.7 Å². The molecule has 2 aliphatic rings. The van der Waals surface area contributed by atoms with Crippen molar-refractivity contribution >= 4 is 23.4 Å².